The van der Waals surface area contributed by atoms with Gasteiger partial charge in [-0.1, -0.05) is 99.6 Å². The van der Waals surface area contributed by atoms with Crippen molar-refractivity contribution in [3.8, 4) is 16.9 Å². The number of phenolic OH excluding ortho intramolecular Hbond substituents is 1. The fourth-order valence-corrected chi connectivity index (χ4v) is 17.0. The van der Waals surface area contributed by atoms with Crippen LogP contribution in [-0.2, 0) is 44.9 Å². The van der Waals surface area contributed by atoms with E-state index in [4.69, 9.17) is 9.47 Å². The number of cyclic esters (lactones) is 1. The van der Waals surface area contributed by atoms with E-state index in [1.54, 1.807) is 6.07 Å². The predicted molar refractivity (Wildman–Crippen MR) is 313 cm³/mol. The number of ether oxygens (including phenoxy) is 2. The van der Waals surface area contributed by atoms with E-state index < -0.39 is 5.41 Å². The quantitative estimate of drug-likeness (QED) is 0.0657. The fourth-order valence-electron chi connectivity index (χ4n) is 17.0. The number of nitrogens with one attached hydrogen (secondary N) is 3. The monoisotopic (exact) mass is 1060 g/mol. The summed E-state index contributed by atoms with van der Waals surface area (Å²) in [6.45, 7) is 10.6. The standard InChI is InChI=1S/C70H85N3O6/c1-4-45(34-46-13-6-5-7-14-46)38-61-70-29-24-56-57-22-23-58-60(78-67(76)64(58)65(57)70)25-28-69(53-27-32-73-62(39-53)72-30-10-12-44(2)3)41-51(19-11-33-74)52(42-69)36-48-16-8-15-47(35-48)26-31-71-43-49-17-9-18-50(37-49)55-21-20-54(75)40-59(55)63(56)66(70)68(77)79-61/h5-9,13-18,20-21,25,35,37-38,40,44-45,51-53,56-57,62,65,71-75H,4,10-12,19,22-24,26-34,36,39,41-43H2,1-3H3. The first-order valence-corrected chi connectivity index (χ1v) is 30.7. The van der Waals surface area contributed by atoms with Crippen molar-refractivity contribution in [2.75, 3.05) is 26.2 Å². The number of benzene rings is 4. The van der Waals surface area contributed by atoms with Crippen molar-refractivity contribution in [1.29, 1.82) is 0 Å². The number of hydrogen-bond donors (Lipinski definition) is 5. The Bertz CT molecular complexity index is 3040. The highest BCUT2D eigenvalue weighted by atomic mass is 16.6. The molecule has 79 heavy (non-hydrogen) atoms. The number of fused-ring (bicyclic) bond motifs is 5. The van der Waals surface area contributed by atoms with Crippen LogP contribution in [0.4, 0.5) is 0 Å². The van der Waals surface area contributed by atoms with E-state index in [2.05, 4.69) is 128 Å². The summed E-state index contributed by atoms with van der Waals surface area (Å²) in [6.07, 6.45) is 21.0. The van der Waals surface area contributed by atoms with E-state index >= 15 is 9.59 Å². The van der Waals surface area contributed by atoms with Crippen molar-refractivity contribution in [3.63, 3.8) is 0 Å². The van der Waals surface area contributed by atoms with E-state index in [1.807, 2.05) is 12.1 Å². The minimum absolute atomic E-state index is 0.0168. The molecule has 5 heterocycles. The molecule has 1 spiro atoms. The average Bonchev–Trinajstić information content (AvgIpc) is 4.18. The average molecular weight is 1060 g/mol. The smallest absolute Gasteiger partial charge is 0.340 e. The summed E-state index contributed by atoms with van der Waals surface area (Å²) in [4.78, 5) is 30.5. The van der Waals surface area contributed by atoms with Crippen LogP contribution in [0.1, 0.15) is 138 Å². The highest BCUT2D eigenvalue weighted by Gasteiger charge is 2.68. The summed E-state index contributed by atoms with van der Waals surface area (Å²) in [7, 11) is 0. The SMILES string of the molecule is CCC(C=C1OC(=O)C2=C3c4cc(O)ccc4-c4cccc(c4)CNCCc4cccc(c4)CC4CC(C5CCNC(NCCCC(C)C)C5)(CC=C5OC(=O)C6=C5CCC5C3CCC12C65)CC4CCCO)Cc1ccccc1. The van der Waals surface area contributed by atoms with Crippen molar-refractivity contribution in [3.05, 3.63) is 165 Å². The van der Waals surface area contributed by atoms with Gasteiger partial charge in [0.25, 0.3) is 0 Å². The summed E-state index contributed by atoms with van der Waals surface area (Å²) in [5, 5.41) is 33.4. The Morgan fingerprint density at radius 2 is 1.68 bits per heavy atom. The summed E-state index contributed by atoms with van der Waals surface area (Å²) >= 11 is 0. The highest BCUT2D eigenvalue weighted by Crippen LogP contribution is 2.72. The van der Waals surface area contributed by atoms with Gasteiger partial charge in [0.2, 0.25) is 0 Å². The van der Waals surface area contributed by atoms with Crippen LogP contribution >= 0.6 is 0 Å². The molecule has 10 unspecified atom stereocenters. The predicted octanol–water partition coefficient (Wildman–Crippen LogP) is 13.1. The van der Waals surface area contributed by atoms with Gasteiger partial charge < -0.3 is 35.6 Å². The number of rotatable bonds is 13. The van der Waals surface area contributed by atoms with E-state index in [-0.39, 0.29) is 59.5 Å². The lowest BCUT2D eigenvalue weighted by Gasteiger charge is -2.56. The molecule has 0 aromatic heterocycles. The van der Waals surface area contributed by atoms with Crippen molar-refractivity contribution in [1.82, 2.24) is 16.0 Å². The van der Waals surface area contributed by atoms with Crippen LogP contribution < -0.4 is 16.0 Å². The number of esters is 2. The summed E-state index contributed by atoms with van der Waals surface area (Å²) < 4.78 is 13.5. The number of aliphatic hydroxyl groups excluding tert-OH is 1. The number of piperidine rings is 1. The number of allylic oxidation sites excluding steroid dienone is 5. The van der Waals surface area contributed by atoms with Gasteiger partial charge in [0.1, 0.15) is 17.3 Å². The fraction of sp³-hybridized carbons (Fsp3) is 0.514. The number of aromatic hydroxyl groups is 1. The van der Waals surface area contributed by atoms with Gasteiger partial charge in [-0.15, -0.1) is 0 Å². The minimum Gasteiger partial charge on any atom is -0.508 e. The van der Waals surface area contributed by atoms with E-state index in [9.17, 15) is 10.2 Å². The van der Waals surface area contributed by atoms with Crippen LogP contribution in [0, 0.1) is 58.2 Å². The second kappa shape index (κ2) is 23.1. The molecule has 2 saturated carbocycles. The van der Waals surface area contributed by atoms with Gasteiger partial charge in [-0.3, -0.25) is 0 Å². The molecule has 4 fully saturated rings. The Labute approximate surface area is 469 Å². The van der Waals surface area contributed by atoms with E-state index in [0.29, 0.717) is 48.0 Å². The molecule has 10 atom stereocenters. The Hall–Kier alpha value is -5.58. The normalized spacial score (nSPS) is 30.3. The zero-order chi connectivity index (χ0) is 54.3. The second-order valence-corrected chi connectivity index (χ2v) is 25.7. The van der Waals surface area contributed by atoms with Gasteiger partial charge in [0.15, 0.2) is 0 Å². The number of phenols is 1. The van der Waals surface area contributed by atoms with Gasteiger partial charge in [0, 0.05) is 30.2 Å². The summed E-state index contributed by atoms with van der Waals surface area (Å²) in [6, 6.07) is 34.3. The van der Waals surface area contributed by atoms with Crippen molar-refractivity contribution < 1.29 is 29.3 Å². The summed E-state index contributed by atoms with van der Waals surface area (Å²) in [5.41, 5.74) is 10.6. The first-order chi connectivity index (χ1) is 38.5. The topological polar surface area (TPSA) is 129 Å². The molecular formula is C70H85N3O6. The van der Waals surface area contributed by atoms with Gasteiger partial charge >= 0.3 is 11.9 Å². The molecule has 416 valence electrons. The molecule has 5 N–H and O–H groups in total. The highest BCUT2D eigenvalue weighted by molar-refractivity contribution is 6.07. The third-order valence-corrected chi connectivity index (χ3v) is 20.6. The van der Waals surface area contributed by atoms with Gasteiger partial charge in [-0.25, -0.2) is 9.59 Å². The van der Waals surface area contributed by atoms with Gasteiger partial charge in [-0.05, 0) is 250 Å². The number of aliphatic hydroxyl groups is 1. The molecule has 14 bridgehead atoms. The molecule has 14 rings (SSSR count). The molecule has 5 aliphatic carbocycles. The maximum absolute atomic E-state index is 15.3. The number of carbonyl (C=O) groups is 2. The van der Waals surface area contributed by atoms with Crippen molar-refractivity contribution >= 4 is 17.5 Å². The first-order valence-electron chi connectivity index (χ1n) is 30.7. The van der Waals surface area contributed by atoms with Crippen molar-refractivity contribution in [2.45, 2.75) is 143 Å². The first kappa shape index (κ1) is 54.0. The largest absolute Gasteiger partial charge is 0.508 e. The third kappa shape index (κ3) is 10.6. The van der Waals surface area contributed by atoms with Crippen LogP contribution in [0.15, 0.2) is 137 Å². The zero-order valence-electron chi connectivity index (χ0n) is 47.2. The third-order valence-electron chi connectivity index (χ3n) is 20.6. The summed E-state index contributed by atoms with van der Waals surface area (Å²) in [5.74, 6) is 2.92. The molecule has 4 aromatic rings. The lowest BCUT2D eigenvalue weighted by Crippen LogP contribution is -2.52. The molecular weight excluding hydrogens is 979 g/mol. The van der Waals surface area contributed by atoms with E-state index in [0.717, 1.165) is 149 Å². The molecule has 5 aliphatic heterocycles. The van der Waals surface area contributed by atoms with Crippen LogP contribution in [0.3, 0.4) is 0 Å². The molecule has 10 aliphatic rings. The number of hydrogen-bond acceptors (Lipinski definition) is 9. The van der Waals surface area contributed by atoms with E-state index in [1.165, 1.54) is 35.1 Å². The van der Waals surface area contributed by atoms with Gasteiger partial charge in [0.05, 0.1) is 17.2 Å². The van der Waals surface area contributed by atoms with Crippen LogP contribution in [0.25, 0.3) is 16.7 Å². The molecule has 9 nitrogen and oxygen atoms in total. The van der Waals surface area contributed by atoms with Gasteiger partial charge in [-0.2, -0.15) is 0 Å². The Balaban J connectivity index is 1.00. The van der Waals surface area contributed by atoms with Crippen LogP contribution in [0.5, 0.6) is 5.75 Å². The Morgan fingerprint density at radius 1 is 0.835 bits per heavy atom. The molecule has 0 amide bonds. The second-order valence-electron chi connectivity index (χ2n) is 25.7. The molecule has 0 radical (unpaired) electrons. The molecule has 9 heteroatoms. The zero-order valence-corrected chi connectivity index (χ0v) is 47.2. The molecule has 2 saturated heterocycles. The Kier molecular flexibility index (Phi) is 15.8. The van der Waals surface area contributed by atoms with Crippen LogP contribution in [0.2, 0.25) is 0 Å². The van der Waals surface area contributed by atoms with Crippen LogP contribution in [-0.4, -0.2) is 54.6 Å². The molecule has 4 aromatic carbocycles. The number of carbonyl (C=O) groups excluding carboxylic acids is 2. The Morgan fingerprint density at radius 3 is 2.53 bits per heavy atom. The van der Waals surface area contributed by atoms with Crippen molar-refractivity contribution in [2.24, 2.45) is 58.2 Å². The maximum atomic E-state index is 15.3. The maximum Gasteiger partial charge on any atom is 0.340 e. The lowest BCUT2D eigenvalue weighted by molar-refractivity contribution is -0.135. The lowest BCUT2D eigenvalue weighted by atomic mass is 9.44. The minimum atomic E-state index is -0.880.